The molecule has 38 heavy (non-hydrogen) atoms. The van der Waals surface area contributed by atoms with Crippen LogP contribution in [0.5, 0.6) is 0 Å². The van der Waals surface area contributed by atoms with Crippen LogP contribution >= 0.6 is 17.0 Å². The van der Waals surface area contributed by atoms with Crippen molar-refractivity contribution in [3.05, 3.63) is 121 Å². The molecular formula is C32H30Cl2N2SiZr. The third-order valence-corrected chi connectivity index (χ3v) is 5.94. The van der Waals surface area contributed by atoms with Gasteiger partial charge in [-0.25, -0.2) is 0 Å². The van der Waals surface area contributed by atoms with Gasteiger partial charge in [0.1, 0.15) is 0 Å². The van der Waals surface area contributed by atoms with Gasteiger partial charge in [-0.1, -0.05) is 51.2 Å². The van der Waals surface area contributed by atoms with Gasteiger partial charge in [0, 0.05) is 21.9 Å². The van der Waals surface area contributed by atoms with Crippen molar-refractivity contribution < 1.29 is 20.8 Å². The van der Waals surface area contributed by atoms with Crippen molar-refractivity contribution >= 4 is 48.1 Å². The number of hydrogen-bond donors (Lipinski definition) is 0. The van der Waals surface area contributed by atoms with Crippen LogP contribution in [-0.2, 0) is 20.8 Å². The SMILES string of the molecule is C[Si]C.Cc1ccc(-c2ccccn2)c2cc[cH-]c12.Cc1ccc(-c2ccccn2)c2cc[cH-]c12.[Cl][Zr+2][Cl]. The number of aromatic nitrogens is 2. The quantitative estimate of drug-likeness (QED) is 0.140. The number of fused-ring (bicyclic) bond motifs is 2. The molecule has 0 saturated carbocycles. The summed E-state index contributed by atoms with van der Waals surface area (Å²) in [7, 11) is 11.0. The van der Waals surface area contributed by atoms with Gasteiger partial charge in [0.2, 0.25) is 0 Å². The Hall–Kier alpha value is -2.36. The molecule has 0 spiro atoms. The molecular weight excluding hydrogens is 603 g/mol. The maximum atomic E-state index is 4.93. The third kappa shape index (κ3) is 7.83. The normalized spacial score (nSPS) is 9.84. The van der Waals surface area contributed by atoms with E-state index in [1.165, 1.54) is 43.8 Å². The summed E-state index contributed by atoms with van der Waals surface area (Å²) in [5, 5.41) is 5.23. The summed E-state index contributed by atoms with van der Waals surface area (Å²) in [6.45, 7) is 8.59. The van der Waals surface area contributed by atoms with Gasteiger partial charge >= 0.3 is 37.9 Å². The average Bonchev–Trinajstić information content (AvgIpc) is 3.63. The van der Waals surface area contributed by atoms with E-state index in [4.69, 9.17) is 17.0 Å². The predicted octanol–water partition coefficient (Wildman–Crippen LogP) is 10.0. The van der Waals surface area contributed by atoms with Crippen LogP contribution in [0.1, 0.15) is 11.1 Å². The maximum absolute atomic E-state index is 4.93. The number of rotatable bonds is 2. The Morgan fingerprint density at radius 1 is 0.632 bits per heavy atom. The van der Waals surface area contributed by atoms with E-state index in [9.17, 15) is 0 Å². The first-order valence-corrected chi connectivity index (χ1v) is 20.6. The van der Waals surface area contributed by atoms with Crippen LogP contribution in [0.2, 0.25) is 13.1 Å². The van der Waals surface area contributed by atoms with Gasteiger partial charge in [-0.15, -0.1) is 56.9 Å². The van der Waals surface area contributed by atoms with Gasteiger partial charge in [-0.05, 0) is 35.4 Å². The molecule has 6 aromatic rings. The van der Waals surface area contributed by atoms with Crippen molar-refractivity contribution in [3.63, 3.8) is 0 Å². The summed E-state index contributed by atoms with van der Waals surface area (Å²) in [6, 6.07) is 33.5. The number of halogens is 2. The zero-order valence-corrected chi connectivity index (χ0v) is 27.0. The molecule has 0 amide bonds. The molecule has 0 aliphatic heterocycles. The van der Waals surface area contributed by atoms with E-state index in [0.29, 0.717) is 0 Å². The zero-order chi connectivity index (χ0) is 27.3. The molecule has 0 aliphatic carbocycles. The van der Waals surface area contributed by atoms with Crippen LogP contribution in [0.15, 0.2) is 109 Å². The van der Waals surface area contributed by atoms with E-state index in [1.54, 1.807) is 0 Å². The summed E-state index contributed by atoms with van der Waals surface area (Å²) in [5.74, 6) is 0. The second-order valence-corrected chi connectivity index (χ2v) is 13.3. The number of pyridine rings is 2. The Bertz CT molecular complexity index is 1410. The number of aryl methyl sites for hydroxylation is 2. The first-order chi connectivity index (χ1) is 18.5. The minimum absolute atomic E-state index is 0.826. The van der Waals surface area contributed by atoms with Crippen LogP contribution in [-0.4, -0.2) is 19.5 Å². The minimum atomic E-state index is -0.826. The fraction of sp³-hybridized carbons (Fsp3) is 0.125. The molecule has 0 fully saturated rings. The molecule has 4 aromatic carbocycles. The van der Waals surface area contributed by atoms with Gasteiger partial charge in [-0.2, -0.15) is 24.3 Å². The Labute approximate surface area is 247 Å². The molecule has 0 bridgehead atoms. The summed E-state index contributed by atoms with van der Waals surface area (Å²) < 4.78 is 0. The second-order valence-electron chi connectivity index (χ2n) is 8.57. The van der Waals surface area contributed by atoms with E-state index in [0.717, 1.165) is 20.9 Å². The van der Waals surface area contributed by atoms with E-state index < -0.39 is 20.8 Å². The molecule has 2 radical (unpaired) electrons. The van der Waals surface area contributed by atoms with Crippen molar-refractivity contribution in [2.45, 2.75) is 26.9 Å². The van der Waals surface area contributed by atoms with Crippen LogP contribution in [0, 0.1) is 13.8 Å². The molecule has 0 saturated heterocycles. The van der Waals surface area contributed by atoms with Gasteiger partial charge in [0.05, 0.1) is 11.4 Å². The molecule has 6 heteroatoms. The van der Waals surface area contributed by atoms with Gasteiger partial charge in [-0.3, -0.25) is 9.97 Å². The van der Waals surface area contributed by atoms with Crippen molar-refractivity contribution in [1.29, 1.82) is 0 Å². The van der Waals surface area contributed by atoms with Gasteiger partial charge in [0.15, 0.2) is 0 Å². The van der Waals surface area contributed by atoms with Crippen molar-refractivity contribution in [1.82, 2.24) is 9.97 Å². The molecule has 0 unspecified atom stereocenters. The Morgan fingerprint density at radius 3 is 1.37 bits per heavy atom. The molecule has 2 heterocycles. The first-order valence-electron chi connectivity index (χ1n) is 12.2. The molecule has 0 atom stereocenters. The Balaban J connectivity index is 0.000000175. The number of benzene rings is 2. The molecule has 2 nitrogen and oxygen atoms in total. The summed E-state index contributed by atoms with van der Waals surface area (Å²) in [6.07, 6.45) is 3.67. The van der Waals surface area contributed by atoms with Crippen molar-refractivity contribution in [2.24, 2.45) is 0 Å². The van der Waals surface area contributed by atoms with E-state index >= 15 is 0 Å². The Kier molecular flexibility index (Phi) is 12.6. The number of hydrogen-bond acceptors (Lipinski definition) is 2. The van der Waals surface area contributed by atoms with Gasteiger partial charge < -0.3 is 0 Å². The standard InChI is InChI=1S/2C15H12N.C2H6Si.2ClH.Zr/c2*1-11-8-9-14(13-6-4-5-12(11)13)15-7-2-3-10-16-15;1-3-2;;;/h2*2-10H,1H3;1-2H3;2*1H;/q2*-1;;;;+4/p-2. The third-order valence-electron chi connectivity index (χ3n) is 5.94. The predicted molar refractivity (Wildman–Crippen MR) is 164 cm³/mol. The van der Waals surface area contributed by atoms with Crippen molar-refractivity contribution in [3.8, 4) is 22.5 Å². The number of nitrogens with zero attached hydrogens (tertiary/aromatic N) is 2. The average molecular weight is 633 g/mol. The molecule has 190 valence electrons. The summed E-state index contributed by atoms with van der Waals surface area (Å²) >= 11 is -0.826. The zero-order valence-electron chi connectivity index (χ0n) is 22.0. The Morgan fingerprint density at radius 2 is 1.03 bits per heavy atom. The van der Waals surface area contributed by atoms with Crippen LogP contribution in [0.4, 0.5) is 0 Å². The van der Waals surface area contributed by atoms with E-state index in [-0.39, 0.29) is 0 Å². The summed E-state index contributed by atoms with van der Waals surface area (Å²) in [4.78, 5) is 8.82. The molecule has 0 aliphatic rings. The topological polar surface area (TPSA) is 25.8 Å². The molecule has 2 aromatic heterocycles. The fourth-order valence-electron chi connectivity index (χ4n) is 4.26. The summed E-state index contributed by atoms with van der Waals surface area (Å²) in [5.41, 5.74) is 7.15. The van der Waals surface area contributed by atoms with Crippen LogP contribution in [0.3, 0.4) is 0 Å². The fourth-order valence-corrected chi connectivity index (χ4v) is 4.26. The second kappa shape index (κ2) is 15.9. The molecule has 6 rings (SSSR count). The van der Waals surface area contributed by atoms with E-state index in [2.05, 4.69) is 110 Å². The van der Waals surface area contributed by atoms with Gasteiger partial charge in [0.25, 0.3) is 0 Å². The first kappa shape index (κ1) is 30.2. The van der Waals surface area contributed by atoms with Crippen LogP contribution < -0.4 is 0 Å². The van der Waals surface area contributed by atoms with Crippen molar-refractivity contribution in [2.75, 3.05) is 0 Å². The monoisotopic (exact) mass is 630 g/mol. The molecule has 0 N–H and O–H groups in total. The van der Waals surface area contributed by atoms with Crippen LogP contribution in [0.25, 0.3) is 44.1 Å². The van der Waals surface area contributed by atoms with E-state index in [1.807, 2.05) is 36.7 Å².